The summed E-state index contributed by atoms with van der Waals surface area (Å²) in [5.41, 5.74) is 23.3. The van der Waals surface area contributed by atoms with Crippen LogP contribution in [0.1, 0.15) is 10.6 Å². The zero-order chi connectivity index (χ0) is 15.4. The highest BCUT2D eigenvalue weighted by Crippen LogP contribution is 2.27. The van der Waals surface area contributed by atoms with E-state index in [1.807, 2.05) is 0 Å². The van der Waals surface area contributed by atoms with Crippen molar-refractivity contribution in [3.05, 3.63) is 23.3 Å². The molecule has 0 spiro atoms. The van der Waals surface area contributed by atoms with Crippen molar-refractivity contribution >= 4 is 34.3 Å². The lowest BCUT2D eigenvalue weighted by molar-refractivity contribution is 0.0928. The van der Waals surface area contributed by atoms with Gasteiger partial charge < -0.3 is 27.4 Å². The number of carbonyl (C=O) groups is 1. The average molecular weight is 308 g/mol. The van der Waals surface area contributed by atoms with E-state index in [1.165, 1.54) is 17.4 Å². The lowest BCUT2D eigenvalue weighted by Gasteiger charge is -1.96. The molecule has 21 heavy (non-hydrogen) atoms. The lowest BCUT2D eigenvalue weighted by Crippen LogP contribution is -2.28. The van der Waals surface area contributed by atoms with Crippen LogP contribution in [-0.2, 0) is 0 Å². The van der Waals surface area contributed by atoms with Crippen LogP contribution in [0, 0.1) is 0 Å². The Morgan fingerprint density at radius 3 is 2.67 bits per heavy atom. The summed E-state index contributed by atoms with van der Waals surface area (Å²) in [6, 6.07) is 3.05. The molecule has 2 aromatic heterocycles. The highest BCUT2D eigenvalue weighted by atomic mass is 32.1. The summed E-state index contributed by atoms with van der Waals surface area (Å²) in [6.07, 6.45) is 0. The van der Waals surface area contributed by atoms with Crippen LogP contribution >= 0.6 is 11.3 Å². The van der Waals surface area contributed by atoms with Crippen LogP contribution < -0.4 is 28.4 Å². The summed E-state index contributed by atoms with van der Waals surface area (Å²) in [6.45, 7) is 0. The first-order valence-corrected chi connectivity index (χ1v) is 6.38. The van der Waals surface area contributed by atoms with Crippen LogP contribution in [0.3, 0.4) is 0 Å². The van der Waals surface area contributed by atoms with Crippen LogP contribution in [0.4, 0.5) is 5.13 Å². The second-order valence-corrected chi connectivity index (χ2v) is 4.53. The zero-order valence-corrected chi connectivity index (χ0v) is 11.4. The number of hydrogen-bond acceptors (Lipinski definition) is 6. The lowest BCUT2D eigenvalue weighted by atomic mass is 10.3. The van der Waals surface area contributed by atoms with Gasteiger partial charge in [-0.05, 0) is 12.1 Å². The molecule has 0 saturated carbocycles. The smallest absolute Gasteiger partial charge is 0.307 e. The standard InChI is InChI=1S/C10H12N8O2S/c11-8(12)16-10-15-4(3-21-10)5-1-2-6(20-5)7(19)17-18-9(13)14/h1-3H,(H,17,19)(H4,13,14,18)(H4,11,12,15,16). The number of amides is 1. The van der Waals surface area contributed by atoms with E-state index >= 15 is 0 Å². The maximum atomic E-state index is 11.6. The van der Waals surface area contributed by atoms with Gasteiger partial charge in [-0.15, -0.1) is 16.4 Å². The Labute approximate surface area is 122 Å². The molecule has 2 rings (SSSR count). The van der Waals surface area contributed by atoms with Gasteiger partial charge in [0, 0.05) is 5.38 Å². The number of nitrogens with zero attached hydrogens (tertiary/aromatic N) is 3. The number of hydrazone groups is 1. The zero-order valence-electron chi connectivity index (χ0n) is 10.6. The van der Waals surface area contributed by atoms with E-state index in [2.05, 4.69) is 20.5 Å². The first-order chi connectivity index (χ1) is 9.95. The number of nitrogens with one attached hydrogen (secondary N) is 1. The molecule has 0 aromatic carbocycles. The van der Waals surface area contributed by atoms with Gasteiger partial charge in [-0.2, -0.15) is 4.99 Å². The number of aromatic nitrogens is 1. The summed E-state index contributed by atoms with van der Waals surface area (Å²) in [5, 5.41) is 5.45. The van der Waals surface area contributed by atoms with Crippen LogP contribution in [0.5, 0.6) is 0 Å². The van der Waals surface area contributed by atoms with E-state index in [1.54, 1.807) is 11.4 Å². The number of hydrogen-bond donors (Lipinski definition) is 5. The van der Waals surface area contributed by atoms with Crippen molar-refractivity contribution in [3.8, 4) is 11.5 Å². The van der Waals surface area contributed by atoms with E-state index < -0.39 is 5.91 Å². The molecule has 0 fully saturated rings. The largest absolute Gasteiger partial charge is 0.449 e. The number of rotatable bonds is 4. The van der Waals surface area contributed by atoms with E-state index in [4.69, 9.17) is 27.4 Å². The minimum absolute atomic E-state index is 0.0337. The molecular weight excluding hydrogens is 296 g/mol. The minimum atomic E-state index is -0.589. The second kappa shape index (κ2) is 5.92. The van der Waals surface area contributed by atoms with E-state index in [-0.39, 0.29) is 17.7 Å². The molecule has 2 aromatic rings. The number of carbonyl (C=O) groups excluding carboxylic acids is 1. The van der Waals surface area contributed by atoms with Crippen molar-refractivity contribution < 1.29 is 9.21 Å². The summed E-state index contributed by atoms with van der Waals surface area (Å²) in [5.74, 6) is -0.525. The van der Waals surface area contributed by atoms with Crippen molar-refractivity contribution in [2.24, 2.45) is 33.0 Å². The third kappa shape index (κ3) is 3.70. The molecule has 0 atom stereocenters. The Morgan fingerprint density at radius 1 is 1.24 bits per heavy atom. The third-order valence-corrected chi connectivity index (χ3v) is 2.82. The second-order valence-electron chi connectivity index (χ2n) is 3.69. The van der Waals surface area contributed by atoms with Gasteiger partial charge in [0.1, 0.15) is 5.69 Å². The average Bonchev–Trinajstić information content (AvgIpc) is 3.03. The number of nitrogens with two attached hydrogens (primary N) is 4. The van der Waals surface area contributed by atoms with Gasteiger partial charge in [0.2, 0.25) is 11.1 Å². The predicted octanol–water partition coefficient (Wildman–Crippen LogP) is -0.774. The summed E-state index contributed by atoms with van der Waals surface area (Å²) >= 11 is 1.23. The summed E-state index contributed by atoms with van der Waals surface area (Å²) in [7, 11) is 0. The summed E-state index contributed by atoms with van der Waals surface area (Å²) < 4.78 is 5.35. The fourth-order valence-electron chi connectivity index (χ4n) is 1.31. The van der Waals surface area contributed by atoms with Crippen LogP contribution in [0.25, 0.3) is 11.5 Å². The minimum Gasteiger partial charge on any atom is -0.449 e. The SMILES string of the molecule is NC(N)=NNC(=O)c1ccc(-c2csc(N=C(N)N)n2)o1. The maximum Gasteiger partial charge on any atom is 0.307 e. The van der Waals surface area contributed by atoms with Gasteiger partial charge in [0.15, 0.2) is 17.5 Å². The first-order valence-electron chi connectivity index (χ1n) is 5.50. The molecule has 0 saturated heterocycles. The molecule has 1 amide bonds. The monoisotopic (exact) mass is 308 g/mol. The normalized spacial score (nSPS) is 9.90. The van der Waals surface area contributed by atoms with Gasteiger partial charge in [0.25, 0.3) is 0 Å². The van der Waals surface area contributed by atoms with Crippen molar-refractivity contribution in [2.75, 3.05) is 0 Å². The van der Waals surface area contributed by atoms with Crippen molar-refractivity contribution in [1.29, 1.82) is 0 Å². The Kier molecular flexibility index (Phi) is 4.04. The molecular formula is C10H12N8O2S. The van der Waals surface area contributed by atoms with Gasteiger partial charge >= 0.3 is 5.91 Å². The van der Waals surface area contributed by atoms with Crippen LogP contribution in [-0.4, -0.2) is 22.8 Å². The van der Waals surface area contributed by atoms with Gasteiger partial charge in [-0.25, -0.2) is 10.4 Å². The molecule has 9 N–H and O–H groups in total. The number of thiazole rings is 1. The van der Waals surface area contributed by atoms with Crippen molar-refractivity contribution in [1.82, 2.24) is 10.4 Å². The quantitative estimate of drug-likeness (QED) is 0.278. The molecule has 10 nitrogen and oxygen atoms in total. The molecule has 2 heterocycles. The molecule has 0 bridgehead atoms. The third-order valence-electron chi connectivity index (χ3n) is 2.09. The number of furan rings is 1. The van der Waals surface area contributed by atoms with Crippen LogP contribution in [0.2, 0.25) is 0 Å². The maximum absolute atomic E-state index is 11.6. The number of aliphatic imine (C=N–C) groups is 1. The predicted molar refractivity (Wildman–Crippen MR) is 78.6 cm³/mol. The molecule has 11 heteroatoms. The van der Waals surface area contributed by atoms with Crippen molar-refractivity contribution in [3.63, 3.8) is 0 Å². The van der Waals surface area contributed by atoms with Crippen LogP contribution in [0.15, 0.2) is 32.0 Å². The molecule has 0 radical (unpaired) electrons. The Bertz CT molecular complexity index is 708. The molecule has 0 unspecified atom stereocenters. The van der Waals surface area contributed by atoms with Gasteiger partial charge in [0.05, 0.1) is 0 Å². The molecule has 0 aliphatic rings. The first kappa shape index (κ1) is 14.3. The fraction of sp³-hybridized carbons (Fsp3) is 0. The Hall–Kier alpha value is -3.08. The Balaban J connectivity index is 2.16. The molecule has 110 valence electrons. The van der Waals surface area contributed by atoms with E-state index in [0.29, 0.717) is 16.6 Å². The highest BCUT2D eigenvalue weighted by Gasteiger charge is 2.14. The summed E-state index contributed by atoms with van der Waals surface area (Å²) in [4.78, 5) is 19.6. The topological polar surface area (TPSA) is 184 Å². The highest BCUT2D eigenvalue weighted by molar-refractivity contribution is 7.13. The molecule has 0 aliphatic carbocycles. The van der Waals surface area contributed by atoms with Crippen molar-refractivity contribution in [2.45, 2.75) is 0 Å². The molecule has 0 aliphatic heterocycles. The Morgan fingerprint density at radius 2 is 2.00 bits per heavy atom. The van der Waals surface area contributed by atoms with Gasteiger partial charge in [-0.1, -0.05) is 0 Å². The fourth-order valence-corrected chi connectivity index (χ4v) is 2.00. The number of guanidine groups is 2. The van der Waals surface area contributed by atoms with E-state index in [9.17, 15) is 4.79 Å². The van der Waals surface area contributed by atoms with E-state index in [0.717, 1.165) is 0 Å². The van der Waals surface area contributed by atoms with Gasteiger partial charge in [-0.3, -0.25) is 4.79 Å².